The summed E-state index contributed by atoms with van der Waals surface area (Å²) in [7, 11) is 0. The van der Waals surface area contributed by atoms with Gasteiger partial charge in [0, 0.05) is 29.5 Å². The van der Waals surface area contributed by atoms with Crippen LogP contribution in [0.1, 0.15) is 82.4 Å². The number of halogens is 1. The summed E-state index contributed by atoms with van der Waals surface area (Å²) in [5.74, 6) is 0. The molecule has 156 valence electrons. The summed E-state index contributed by atoms with van der Waals surface area (Å²) in [5, 5.41) is 0. The summed E-state index contributed by atoms with van der Waals surface area (Å²) in [4.78, 5) is 0. The zero-order chi connectivity index (χ0) is 19.2. The van der Waals surface area contributed by atoms with E-state index in [9.17, 15) is 0 Å². The van der Waals surface area contributed by atoms with E-state index in [1.807, 2.05) is 0 Å². The molecule has 28 heavy (non-hydrogen) atoms. The van der Waals surface area contributed by atoms with Gasteiger partial charge in [0.15, 0.2) is 12.2 Å². The third kappa shape index (κ3) is 4.79. The van der Waals surface area contributed by atoms with Gasteiger partial charge >= 0.3 is 0 Å². The molecule has 3 aliphatic rings. The number of benzene rings is 1. The van der Waals surface area contributed by atoms with Crippen LogP contribution < -0.4 is 16.4 Å². The van der Waals surface area contributed by atoms with Crippen LogP contribution in [0.4, 0.5) is 0 Å². The van der Waals surface area contributed by atoms with Crippen LogP contribution in [0.5, 0.6) is 0 Å². The largest absolute Gasteiger partial charge is 0.372 e. The molecule has 4 rings (SSSR count). The Bertz CT molecular complexity index is 624. The molecule has 1 spiro atoms. The van der Waals surface area contributed by atoms with Gasteiger partial charge in [-0.1, -0.05) is 65.3 Å². The van der Waals surface area contributed by atoms with Crippen LogP contribution in [0.25, 0.3) is 0 Å². The summed E-state index contributed by atoms with van der Waals surface area (Å²) in [5.41, 5.74) is 12.5. The third-order valence-electron chi connectivity index (χ3n) is 6.71. The molecule has 1 aromatic rings. The first-order chi connectivity index (χ1) is 13.8. The number of quaternary nitrogens is 1. The molecule has 0 bridgehead atoms. The zero-order valence-electron chi connectivity index (χ0n) is 17.0. The van der Waals surface area contributed by atoms with Gasteiger partial charge in [-0.25, -0.2) is 0 Å². The third-order valence-corrected chi connectivity index (χ3v) is 7.43. The summed E-state index contributed by atoms with van der Waals surface area (Å²) >= 11 is 3.73. The molecule has 0 aliphatic carbocycles. The lowest BCUT2D eigenvalue weighted by Crippen LogP contribution is -2.70. The molecular formula is C22H36BrN4O+. The Balaban J connectivity index is 1.58. The SMILES string of the molecule is Brc1ccccc1C1NN[N+]2(CCCCCCCCCC2C2CCCCO2)N1. The standard InChI is InChI=1S/C22H36BrN4O/c23-19-13-8-7-12-18(19)22-24-26-27(25-22)16-10-5-3-1-2-4-6-14-20(27)21-15-9-11-17-28-21/h7-8,12-13,20-22,24-26H,1-6,9-11,14-17H2/q+1. The normalized spacial score (nSPS) is 35.5. The fourth-order valence-electron chi connectivity index (χ4n) is 5.15. The molecule has 4 unspecified atom stereocenters. The zero-order valence-corrected chi connectivity index (χ0v) is 18.6. The average Bonchev–Trinajstić information content (AvgIpc) is 3.13. The smallest absolute Gasteiger partial charge is 0.152 e. The summed E-state index contributed by atoms with van der Waals surface area (Å²) < 4.78 is 8.21. The van der Waals surface area contributed by atoms with Gasteiger partial charge in [-0.2, -0.15) is 10.1 Å². The van der Waals surface area contributed by atoms with E-state index in [-0.39, 0.29) is 6.17 Å². The molecule has 3 fully saturated rings. The predicted octanol–water partition coefficient (Wildman–Crippen LogP) is 4.86. The number of nitrogens with one attached hydrogen (secondary N) is 3. The van der Waals surface area contributed by atoms with Crippen LogP contribution in [0.15, 0.2) is 28.7 Å². The van der Waals surface area contributed by atoms with Gasteiger partial charge in [0.05, 0.1) is 0 Å². The quantitative estimate of drug-likeness (QED) is 0.561. The van der Waals surface area contributed by atoms with E-state index >= 15 is 0 Å². The van der Waals surface area contributed by atoms with Crippen LogP contribution in [0, 0.1) is 0 Å². The maximum atomic E-state index is 6.34. The summed E-state index contributed by atoms with van der Waals surface area (Å²) in [6, 6.07) is 8.94. The van der Waals surface area contributed by atoms with Crippen molar-refractivity contribution < 1.29 is 9.44 Å². The van der Waals surface area contributed by atoms with E-state index in [4.69, 9.17) is 4.74 Å². The molecule has 0 radical (unpaired) electrons. The van der Waals surface area contributed by atoms with Crippen molar-refractivity contribution in [3.05, 3.63) is 34.3 Å². The van der Waals surface area contributed by atoms with Gasteiger partial charge in [0.25, 0.3) is 0 Å². The molecule has 0 amide bonds. The maximum absolute atomic E-state index is 6.34. The minimum atomic E-state index is 0.0896. The van der Waals surface area contributed by atoms with Crippen molar-refractivity contribution in [1.29, 1.82) is 0 Å². The molecule has 3 N–H and O–H groups in total. The van der Waals surface area contributed by atoms with Gasteiger partial charge in [0.1, 0.15) is 12.6 Å². The molecule has 0 aromatic heterocycles. The van der Waals surface area contributed by atoms with E-state index in [1.54, 1.807) is 0 Å². The Kier molecular flexibility index (Phi) is 7.42. The molecular weight excluding hydrogens is 416 g/mol. The minimum absolute atomic E-state index is 0.0896. The van der Waals surface area contributed by atoms with E-state index in [0.717, 1.165) is 22.3 Å². The first kappa shape index (κ1) is 20.8. The monoisotopic (exact) mass is 451 g/mol. The number of nitrogens with zero attached hydrogens (tertiary/aromatic N) is 1. The van der Waals surface area contributed by atoms with Crippen LogP contribution >= 0.6 is 15.9 Å². The number of hydrazine groups is 1. The minimum Gasteiger partial charge on any atom is -0.372 e. The second kappa shape index (κ2) is 10.0. The first-order valence-electron chi connectivity index (χ1n) is 11.3. The van der Waals surface area contributed by atoms with Gasteiger partial charge in [-0.3, -0.25) is 0 Å². The predicted molar refractivity (Wildman–Crippen MR) is 116 cm³/mol. The molecule has 0 saturated carbocycles. The lowest BCUT2D eigenvalue weighted by Gasteiger charge is -2.43. The van der Waals surface area contributed by atoms with E-state index in [1.165, 1.54) is 76.2 Å². The van der Waals surface area contributed by atoms with Crippen LogP contribution in [0.2, 0.25) is 0 Å². The van der Waals surface area contributed by atoms with Gasteiger partial charge in [0.2, 0.25) is 0 Å². The molecule has 4 atom stereocenters. The Labute approximate surface area is 178 Å². The molecule has 5 nitrogen and oxygen atoms in total. The van der Waals surface area contributed by atoms with Gasteiger partial charge < -0.3 is 4.74 Å². The highest BCUT2D eigenvalue weighted by Gasteiger charge is 2.49. The fraction of sp³-hybridized carbons (Fsp3) is 0.727. The fourth-order valence-corrected chi connectivity index (χ4v) is 5.67. The maximum Gasteiger partial charge on any atom is 0.152 e. The first-order valence-corrected chi connectivity index (χ1v) is 12.1. The van der Waals surface area contributed by atoms with Crippen molar-refractivity contribution in [3.8, 4) is 0 Å². The number of hydrogen-bond donors (Lipinski definition) is 3. The molecule has 3 saturated heterocycles. The summed E-state index contributed by atoms with van der Waals surface area (Å²) in [6.07, 6.45) is 14.7. The highest BCUT2D eigenvalue weighted by molar-refractivity contribution is 9.10. The molecule has 6 heteroatoms. The Hall–Kier alpha value is -0.500. The second-order valence-electron chi connectivity index (χ2n) is 8.67. The Morgan fingerprint density at radius 1 is 0.893 bits per heavy atom. The van der Waals surface area contributed by atoms with Crippen LogP contribution in [0.3, 0.4) is 0 Å². The van der Waals surface area contributed by atoms with Gasteiger partial charge in [-0.05, 0) is 38.2 Å². The van der Waals surface area contributed by atoms with Crippen molar-refractivity contribution in [2.24, 2.45) is 0 Å². The Morgan fingerprint density at radius 2 is 1.64 bits per heavy atom. The second-order valence-corrected chi connectivity index (χ2v) is 9.52. The lowest BCUT2D eigenvalue weighted by atomic mass is 9.95. The van der Waals surface area contributed by atoms with Crippen molar-refractivity contribution in [2.75, 3.05) is 13.2 Å². The highest BCUT2D eigenvalue weighted by Crippen LogP contribution is 2.32. The topological polar surface area (TPSA) is 45.3 Å². The van der Waals surface area contributed by atoms with E-state index in [2.05, 4.69) is 56.6 Å². The number of hydrogen-bond acceptors (Lipinski definition) is 4. The van der Waals surface area contributed by atoms with Crippen molar-refractivity contribution in [1.82, 2.24) is 16.4 Å². The van der Waals surface area contributed by atoms with E-state index < -0.39 is 0 Å². The van der Waals surface area contributed by atoms with Crippen LogP contribution in [-0.2, 0) is 4.74 Å². The molecule has 1 aromatic carbocycles. The summed E-state index contributed by atoms with van der Waals surface area (Å²) in [6.45, 7) is 2.01. The van der Waals surface area contributed by atoms with Crippen molar-refractivity contribution >= 4 is 15.9 Å². The lowest BCUT2D eigenvalue weighted by molar-refractivity contribution is -1.02. The Morgan fingerprint density at radius 3 is 2.43 bits per heavy atom. The highest BCUT2D eigenvalue weighted by atomic mass is 79.9. The number of rotatable bonds is 2. The van der Waals surface area contributed by atoms with Crippen molar-refractivity contribution in [3.63, 3.8) is 0 Å². The van der Waals surface area contributed by atoms with E-state index in [0.29, 0.717) is 12.1 Å². The van der Waals surface area contributed by atoms with Gasteiger partial charge in [-0.15, -0.1) is 5.43 Å². The number of ether oxygens (including phenoxy) is 1. The van der Waals surface area contributed by atoms with Crippen molar-refractivity contribution in [2.45, 2.75) is 88.9 Å². The molecule has 3 aliphatic heterocycles. The average molecular weight is 452 g/mol. The molecule has 3 heterocycles. The van der Waals surface area contributed by atoms with Crippen LogP contribution in [-0.4, -0.2) is 30.0 Å².